The largest absolute Gasteiger partial charge is 0.345 e. The second-order valence-corrected chi connectivity index (χ2v) is 7.97. The van der Waals surface area contributed by atoms with Gasteiger partial charge in [0.1, 0.15) is 6.04 Å². The van der Waals surface area contributed by atoms with Crippen LogP contribution in [0.3, 0.4) is 0 Å². The van der Waals surface area contributed by atoms with Crippen LogP contribution < -0.4 is 5.32 Å². The lowest BCUT2D eigenvalue weighted by Crippen LogP contribution is -2.49. The number of fused-ring (bicyclic) bond motifs is 1. The molecular weight excluding hydrogens is 352 g/mol. The van der Waals surface area contributed by atoms with Crippen molar-refractivity contribution in [3.8, 4) is 11.3 Å². The van der Waals surface area contributed by atoms with E-state index in [9.17, 15) is 9.59 Å². The molecule has 150 valence electrons. The molecule has 1 N–H and O–H groups in total. The number of hydrogen-bond donors (Lipinski definition) is 1. The van der Waals surface area contributed by atoms with Crippen molar-refractivity contribution < 1.29 is 9.59 Å². The monoisotopic (exact) mass is 382 g/mol. The SMILES string of the molecule is CC(=O)N[C@@H](CC(C)C)C(=O)N1CCc2c(-c3ccccc3)nn(C)c2CC1. The molecule has 0 radical (unpaired) electrons. The van der Waals surface area contributed by atoms with Crippen molar-refractivity contribution in [1.82, 2.24) is 20.0 Å². The molecule has 6 heteroatoms. The highest BCUT2D eigenvalue weighted by atomic mass is 16.2. The van der Waals surface area contributed by atoms with E-state index in [2.05, 4.69) is 31.3 Å². The number of nitrogens with zero attached hydrogens (tertiary/aromatic N) is 3. The van der Waals surface area contributed by atoms with E-state index in [4.69, 9.17) is 5.10 Å². The van der Waals surface area contributed by atoms with Gasteiger partial charge in [0.25, 0.3) is 0 Å². The van der Waals surface area contributed by atoms with Crippen molar-refractivity contribution >= 4 is 11.8 Å². The first kappa shape index (κ1) is 20.1. The Balaban J connectivity index is 1.80. The Morgan fingerprint density at radius 1 is 1.14 bits per heavy atom. The van der Waals surface area contributed by atoms with Crippen LogP contribution in [0.1, 0.15) is 38.4 Å². The third-order valence-corrected chi connectivity index (χ3v) is 5.27. The van der Waals surface area contributed by atoms with Crippen LogP contribution in [0.2, 0.25) is 0 Å². The van der Waals surface area contributed by atoms with E-state index in [0.717, 1.165) is 24.1 Å². The smallest absolute Gasteiger partial charge is 0.245 e. The first-order chi connectivity index (χ1) is 13.4. The van der Waals surface area contributed by atoms with E-state index in [1.54, 1.807) is 0 Å². The number of hydrogen-bond acceptors (Lipinski definition) is 3. The van der Waals surface area contributed by atoms with Crippen molar-refractivity contribution in [3.05, 3.63) is 41.6 Å². The molecule has 1 atom stereocenters. The minimum absolute atomic E-state index is 0.0194. The fourth-order valence-corrected chi connectivity index (χ4v) is 3.98. The minimum atomic E-state index is -0.453. The zero-order chi connectivity index (χ0) is 20.3. The molecule has 0 fully saturated rings. The molecule has 0 unspecified atom stereocenters. The Kier molecular flexibility index (Phi) is 6.17. The predicted molar refractivity (Wildman–Crippen MR) is 110 cm³/mol. The average Bonchev–Trinajstić information content (AvgIpc) is 2.82. The lowest BCUT2D eigenvalue weighted by molar-refractivity contribution is -0.136. The summed E-state index contributed by atoms with van der Waals surface area (Å²) in [5.41, 5.74) is 4.53. The highest BCUT2D eigenvalue weighted by Gasteiger charge is 2.29. The third-order valence-electron chi connectivity index (χ3n) is 5.27. The Morgan fingerprint density at radius 3 is 2.46 bits per heavy atom. The van der Waals surface area contributed by atoms with Crippen molar-refractivity contribution in [3.63, 3.8) is 0 Å². The van der Waals surface area contributed by atoms with Crippen LogP contribution in [-0.2, 0) is 29.5 Å². The van der Waals surface area contributed by atoms with Gasteiger partial charge in [-0.1, -0.05) is 44.2 Å². The van der Waals surface area contributed by atoms with E-state index in [-0.39, 0.29) is 11.8 Å². The molecule has 1 aliphatic rings. The molecule has 0 saturated carbocycles. The summed E-state index contributed by atoms with van der Waals surface area (Å²) in [4.78, 5) is 26.6. The molecule has 2 heterocycles. The van der Waals surface area contributed by atoms with Crippen LogP contribution in [0.15, 0.2) is 30.3 Å². The van der Waals surface area contributed by atoms with Gasteiger partial charge in [0.2, 0.25) is 11.8 Å². The van der Waals surface area contributed by atoms with Gasteiger partial charge in [-0.25, -0.2) is 0 Å². The Labute approximate surface area is 166 Å². The van der Waals surface area contributed by atoms with Gasteiger partial charge in [-0.15, -0.1) is 0 Å². The number of rotatable bonds is 5. The quantitative estimate of drug-likeness (QED) is 0.864. The second kappa shape index (κ2) is 8.59. The zero-order valence-corrected chi connectivity index (χ0v) is 17.2. The Bertz CT molecular complexity index is 842. The lowest BCUT2D eigenvalue weighted by atomic mass is 10.0. The molecule has 2 aromatic rings. The van der Waals surface area contributed by atoms with Crippen LogP contribution in [0, 0.1) is 5.92 Å². The summed E-state index contributed by atoms with van der Waals surface area (Å²) >= 11 is 0. The molecule has 2 amide bonds. The second-order valence-electron chi connectivity index (χ2n) is 7.97. The van der Waals surface area contributed by atoms with Gasteiger partial charge in [-0.3, -0.25) is 14.3 Å². The van der Waals surface area contributed by atoms with Gasteiger partial charge in [0.05, 0.1) is 5.69 Å². The summed E-state index contributed by atoms with van der Waals surface area (Å²) in [5, 5.41) is 7.59. The summed E-state index contributed by atoms with van der Waals surface area (Å²) in [6.07, 6.45) is 2.19. The number of aromatic nitrogens is 2. The van der Waals surface area contributed by atoms with E-state index < -0.39 is 6.04 Å². The van der Waals surface area contributed by atoms with Crippen LogP contribution in [-0.4, -0.2) is 45.6 Å². The number of carbonyl (C=O) groups is 2. The maximum atomic E-state index is 13.1. The van der Waals surface area contributed by atoms with E-state index >= 15 is 0 Å². The van der Waals surface area contributed by atoms with Crippen LogP contribution in [0.4, 0.5) is 0 Å². The van der Waals surface area contributed by atoms with Crippen LogP contribution in [0.25, 0.3) is 11.3 Å². The van der Waals surface area contributed by atoms with Gasteiger partial charge in [0.15, 0.2) is 0 Å². The number of nitrogens with one attached hydrogen (secondary N) is 1. The molecule has 0 saturated heterocycles. The molecule has 0 bridgehead atoms. The standard InChI is InChI=1S/C22H30N4O2/c1-15(2)14-19(23-16(3)27)22(28)26-12-10-18-20(11-13-26)25(4)24-21(18)17-8-6-5-7-9-17/h5-9,15,19H,10-14H2,1-4H3,(H,23,27)/t19-/m0/s1. The molecule has 3 rings (SSSR count). The molecule has 0 aliphatic carbocycles. The molecule has 1 aliphatic heterocycles. The topological polar surface area (TPSA) is 67.2 Å². The van der Waals surface area contributed by atoms with Crippen LogP contribution >= 0.6 is 0 Å². The van der Waals surface area contributed by atoms with Gasteiger partial charge in [-0.05, 0) is 18.8 Å². The summed E-state index contributed by atoms with van der Waals surface area (Å²) < 4.78 is 1.95. The predicted octanol–water partition coefficient (Wildman–Crippen LogP) is 2.57. The Hall–Kier alpha value is -2.63. The molecule has 1 aromatic heterocycles. The normalized spacial score (nSPS) is 15.1. The minimum Gasteiger partial charge on any atom is -0.345 e. The number of carbonyl (C=O) groups excluding carboxylic acids is 2. The van der Waals surface area contributed by atoms with E-state index in [1.807, 2.05) is 34.8 Å². The Morgan fingerprint density at radius 2 is 1.82 bits per heavy atom. The van der Waals surface area contributed by atoms with Crippen LogP contribution in [0.5, 0.6) is 0 Å². The van der Waals surface area contributed by atoms with Gasteiger partial charge in [0, 0.05) is 50.3 Å². The maximum Gasteiger partial charge on any atom is 0.245 e. The number of benzene rings is 1. The fourth-order valence-electron chi connectivity index (χ4n) is 3.98. The van der Waals surface area contributed by atoms with Gasteiger partial charge in [-0.2, -0.15) is 5.10 Å². The van der Waals surface area contributed by atoms with Crippen molar-refractivity contribution in [1.29, 1.82) is 0 Å². The van der Waals surface area contributed by atoms with Crippen molar-refractivity contribution in [2.24, 2.45) is 13.0 Å². The highest BCUT2D eigenvalue weighted by molar-refractivity contribution is 5.87. The van der Waals surface area contributed by atoms with Crippen molar-refractivity contribution in [2.75, 3.05) is 13.1 Å². The first-order valence-electron chi connectivity index (χ1n) is 10.0. The van der Waals surface area contributed by atoms with Gasteiger partial charge < -0.3 is 10.2 Å². The molecule has 6 nitrogen and oxygen atoms in total. The number of amides is 2. The van der Waals surface area contributed by atoms with Gasteiger partial charge >= 0.3 is 0 Å². The zero-order valence-electron chi connectivity index (χ0n) is 17.2. The maximum absolute atomic E-state index is 13.1. The molecular formula is C22H30N4O2. The third kappa shape index (κ3) is 4.43. The molecule has 1 aromatic carbocycles. The highest BCUT2D eigenvalue weighted by Crippen LogP contribution is 2.28. The average molecular weight is 383 g/mol. The van der Waals surface area contributed by atoms with E-state index in [1.165, 1.54) is 18.2 Å². The van der Waals surface area contributed by atoms with Crippen molar-refractivity contribution in [2.45, 2.75) is 46.1 Å². The van der Waals surface area contributed by atoms with E-state index in [0.29, 0.717) is 25.4 Å². The molecule has 0 spiro atoms. The molecule has 28 heavy (non-hydrogen) atoms. The summed E-state index contributed by atoms with van der Waals surface area (Å²) in [6, 6.07) is 9.74. The lowest BCUT2D eigenvalue weighted by Gasteiger charge is -2.27. The number of aryl methyl sites for hydroxylation is 1. The fraction of sp³-hybridized carbons (Fsp3) is 0.500. The summed E-state index contributed by atoms with van der Waals surface area (Å²) in [5.74, 6) is 0.192. The first-order valence-corrected chi connectivity index (χ1v) is 10.0. The summed E-state index contributed by atoms with van der Waals surface area (Å²) in [6.45, 7) is 6.90. The summed E-state index contributed by atoms with van der Waals surface area (Å²) in [7, 11) is 1.97.